The highest BCUT2D eigenvalue weighted by Crippen LogP contribution is 2.18. The number of rotatable bonds is 2. The number of carbonyl (C=O) groups is 1. The lowest BCUT2D eigenvalue weighted by Gasteiger charge is -2.37. The van der Waals surface area contributed by atoms with E-state index in [4.69, 9.17) is 4.74 Å². The summed E-state index contributed by atoms with van der Waals surface area (Å²) in [6.07, 6.45) is 2.65. The number of pyridine rings is 1. The van der Waals surface area contributed by atoms with E-state index in [1.54, 1.807) is 0 Å². The van der Waals surface area contributed by atoms with Crippen LogP contribution in [0.15, 0.2) is 24.4 Å². The van der Waals surface area contributed by atoms with Crippen molar-refractivity contribution in [1.29, 1.82) is 0 Å². The average molecular weight is 247 g/mol. The summed E-state index contributed by atoms with van der Waals surface area (Å²) in [5.74, 6) is 0.965. The topological polar surface area (TPSA) is 45.7 Å². The molecule has 18 heavy (non-hydrogen) atoms. The van der Waals surface area contributed by atoms with E-state index < -0.39 is 0 Å². The Morgan fingerprint density at radius 1 is 1.22 bits per heavy atom. The van der Waals surface area contributed by atoms with Crippen molar-refractivity contribution in [1.82, 2.24) is 9.88 Å². The summed E-state index contributed by atoms with van der Waals surface area (Å²) in [4.78, 5) is 20.4. The number of esters is 1. The first-order valence-electron chi connectivity index (χ1n) is 6.41. The van der Waals surface area contributed by atoms with E-state index in [1.807, 2.05) is 24.4 Å². The van der Waals surface area contributed by atoms with Crippen LogP contribution < -0.4 is 4.90 Å². The summed E-state index contributed by atoms with van der Waals surface area (Å²) in [6.45, 7) is 4.21. The number of piperazine rings is 1. The van der Waals surface area contributed by atoms with E-state index in [0.717, 1.165) is 38.4 Å². The first-order chi connectivity index (χ1) is 8.84. The summed E-state index contributed by atoms with van der Waals surface area (Å²) >= 11 is 0. The molecular formula is C13H17N3O2. The molecule has 0 N–H and O–H groups in total. The lowest BCUT2D eigenvalue weighted by atomic mass is 10.2. The molecule has 0 aromatic carbocycles. The molecule has 3 heterocycles. The molecule has 2 aliphatic rings. The number of cyclic esters (lactones) is 1. The maximum Gasteiger partial charge on any atom is 0.323 e. The van der Waals surface area contributed by atoms with Gasteiger partial charge in [-0.1, -0.05) is 6.07 Å². The van der Waals surface area contributed by atoms with Crippen molar-refractivity contribution in [3.63, 3.8) is 0 Å². The monoisotopic (exact) mass is 247 g/mol. The van der Waals surface area contributed by atoms with Gasteiger partial charge in [0.1, 0.15) is 11.9 Å². The first kappa shape index (κ1) is 11.5. The van der Waals surface area contributed by atoms with Gasteiger partial charge >= 0.3 is 5.97 Å². The van der Waals surface area contributed by atoms with Gasteiger partial charge in [-0.25, -0.2) is 4.98 Å². The Morgan fingerprint density at radius 3 is 2.67 bits per heavy atom. The van der Waals surface area contributed by atoms with Crippen molar-refractivity contribution in [2.24, 2.45) is 0 Å². The maximum absolute atomic E-state index is 11.5. The number of anilines is 1. The van der Waals surface area contributed by atoms with Gasteiger partial charge in [0.15, 0.2) is 0 Å². The van der Waals surface area contributed by atoms with Crippen molar-refractivity contribution in [2.75, 3.05) is 37.7 Å². The number of hydrogen-bond acceptors (Lipinski definition) is 5. The predicted octanol–water partition coefficient (Wildman–Crippen LogP) is 0.519. The smallest absolute Gasteiger partial charge is 0.323 e. The zero-order chi connectivity index (χ0) is 12.4. The largest absolute Gasteiger partial charge is 0.464 e. The van der Waals surface area contributed by atoms with Crippen LogP contribution in [0.2, 0.25) is 0 Å². The molecule has 0 saturated carbocycles. The molecule has 0 bridgehead atoms. The van der Waals surface area contributed by atoms with Crippen LogP contribution in [-0.2, 0) is 9.53 Å². The molecule has 3 rings (SSSR count). The van der Waals surface area contributed by atoms with Crippen molar-refractivity contribution in [2.45, 2.75) is 12.5 Å². The highest BCUT2D eigenvalue weighted by molar-refractivity contribution is 5.77. The number of carbonyl (C=O) groups excluding carboxylic acids is 1. The minimum atomic E-state index is -0.0544. The standard InChI is InChI=1S/C13H17N3O2/c17-13-11(4-10-18-13)15-6-8-16(9-7-15)12-3-1-2-5-14-12/h1-3,5,11H,4,6-10H2. The van der Waals surface area contributed by atoms with Crippen LogP contribution in [0.1, 0.15) is 6.42 Å². The molecule has 5 heteroatoms. The zero-order valence-corrected chi connectivity index (χ0v) is 10.3. The first-order valence-corrected chi connectivity index (χ1v) is 6.41. The molecule has 0 radical (unpaired) electrons. The zero-order valence-electron chi connectivity index (χ0n) is 10.3. The molecule has 0 aliphatic carbocycles. The fourth-order valence-electron chi connectivity index (χ4n) is 2.62. The number of ether oxygens (including phenoxy) is 1. The van der Waals surface area contributed by atoms with Crippen molar-refractivity contribution < 1.29 is 9.53 Å². The molecule has 1 unspecified atom stereocenters. The predicted molar refractivity (Wildman–Crippen MR) is 67.4 cm³/mol. The molecule has 0 amide bonds. The van der Waals surface area contributed by atoms with Crippen molar-refractivity contribution in [3.05, 3.63) is 24.4 Å². The molecule has 1 aromatic rings. The van der Waals surface area contributed by atoms with Gasteiger partial charge in [0.25, 0.3) is 0 Å². The van der Waals surface area contributed by atoms with Gasteiger partial charge in [0, 0.05) is 38.8 Å². The fraction of sp³-hybridized carbons (Fsp3) is 0.538. The van der Waals surface area contributed by atoms with Crippen LogP contribution >= 0.6 is 0 Å². The quantitative estimate of drug-likeness (QED) is 0.713. The average Bonchev–Trinajstić information content (AvgIpc) is 2.86. The third-order valence-corrected chi connectivity index (χ3v) is 3.64. The van der Waals surface area contributed by atoms with E-state index in [0.29, 0.717) is 6.61 Å². The van der Waals surface area contributed by atoms with Gasteiger partial charge in [-0.2, -0.15) is 0 Å². The summed E-state index contributed by atoms with van der Waals surface area (Å²) in [6, 6.07) is 5.94. The van der Waals surface area contributed by atoms with E-state index in [1.165, 1.54) is 0 Å². The maximum atomic E-state index is 11.5. The Kier molecular flexibility index (Phi) is 3.15. The van der Waals surface area contributed by atoms with E-state index in [-0.39, 0.29) is 12.0 Å². The Labute approximate surface area is 106 Å². The Morgan fingerprint density at radius 2 is 2.06 bits per heavy atom. The van der Waals surface area contributed by atoms with Crippen LogP contribution in [0.4, 0.5) is 5.82 Å². The lowest BCUT2D eigenvalue weighted by Crippen LogP contribution is -2.51. The third-order valence-electron chi connectivity index (χ3n) is 3.64. The van der Waals surface area contributed by atoms with E-state index in [2.05, 4.69) is 14.8 Å². The molecule has 1 aromatic heterocycles. The van der Waals surface area contributed by atoms with Crippen molar-refractivity contribution >= 4 is 11.8 Å². The third kappa shape index (κ3) is 2.18. The van der Waals surface area contributed by atoms with Crippen LogP contribution in [0, 0.1) is 0 Å². The summed E-state index contributed by atoms with van der Waals surface area (Å²) < 4.78 is 5.02. The number of hydrogen-bond donors (Lipinski definition) is 0. The van der Waals surface area contributed by atoms with Gasteiger partial charge < -0.3 is 9.64 Å². The fourth-order valence-corrected chi connectivity index (χ4v) is 2.62. The Balaban J connectivity index is 1.60. The normalized spacial score (nSPS) is 25.2. The minimum absolute atomic E-state index is 0.0177. The Bertz CT molecular complexity index is 416. The molecule has 2 saturated heterocycles. The van der Waals surface area contributed by atoms with Gasteiger partial charge in [0.2, 0.25) is 0 Å². The SMILES string of the molecule is O=C1OCCC1N1CCN(c2ccccn2)CC1. The van der Waals surface area contributed by atoms with Crippen LogP contribution in [0.3, 0.4) is 0 Å². The molecule has 0 spiro atoms. The van der Waals surface area contributed by atoms with Gasteiger partial charge in [0.05, 0.1) is 6.61 Å². The molecular weight excluding hydrogens is 230 g/mol. The summed E-state index contributed by atoms with van der Waals surface area (Å²) in [5.41, 5.74) is 0. The van der Waals surface area contributed by atoms with Crippen molar-refractivity contribution in [3.8, 4) is 0 Å². The minimum Gasteiger partial charge on any atom is -0.464 e. The van der Waals surface area contributed by atoms with Crippen LogP contribution in [0.5, 0.6) is 0 Å². The molecule has 1 atom stereocenters. The second kappa shape index (κ2) is 4.94. The van der Waals surface area contributed by atoms with E-state index >= 15 is 0 Å². The molecule has 2 aliphatic heterocycles. The van der Waals surface area contributed by atoms with E-state index in [9.17, 15) is 4.79 Å². The lowest BCUT2D eigenvalue weighted by molar-refractivity contribution is -0.142. The van der Waals surface area contributed by atoms with Crippen LogP contribution in [0.25, 0.3) is 0 Å². The number of aromatic nitrogens is 1. The van der Waals surface area contributed by atoms with Crippen LogP contribution in [-0.4, -0.2) is 54.7 Å². The number of nitrogens with zero attached hydrogens (tertiary/aromatic N) is 3. The summed E-state index contributed by atoms with van der Waals surface area (Å²) in [7, 11) is 0. The highest BCUT2D eigenvalue weighted by atomic mass is 16.5. The Hall–Kier alpha value is -1.62. The van der Waals surface area contributed by atoms with Gasteiger partial charge in [-0.15, -0.1) is 0 Å². The van der Waals surface area contributed by atoms with Gasteiger partial charge in [-0.3, -0.25) is 9.69 Å². The second-order valence-electron chi connectivity index (χ2n) is 4.68. The molecule has 96 valence electrons. The second-order valence-corrected chi connectivity index (χ2v) is 4.68. The highest BCUT2D eigenvalue weighted by Gasteiger charge is 2.34. The molecule has 2 fully saturated rings. The van der Waals surface area contributed by atoms with Gasteiger partial charge in [-0.05, 0) is 12.1 Å². The summed E-state index contributed by atoms with van der Waals surface area (Å²) in [5, 5.41) is 0. The molecule has 5 nitrogen and oxygen atoms in total.